The van der Waals surface area contributed by atoms with Crippen molar-refractivity contribution in [3.8, 4) is 0 Å². The minimum Gasteiger partial charge on any atom is -0.349 e. The second-order valence-electron chi connectivity index (χ2n) is 4.00. The zero-order chi connectivity index (χ0) is 11.2. The number of carbonyl (C=O) groups excluding carboxylic acids is 1. The molecule has 1 fully saturated rings. The summed E-state index contributed by atoms with van der Waals surface area (Å²) in [6.07, 6.45) is 2.75. The third kappa shape index (κ3) is 3.27. The molecular weight excluding hydrogens is 208 g/mol. The number of hydrogen-bond donors (Lipinski definition) is 3. The molecule has 0 saturated carbocycles. The van der Waals surface area contributed by atoms with Crippen LogP contribution in [-0.4, -0.2) is 39.6 Å². The maximum atomic E-state index is 11.6. The van der Waals surface area contributed by atoms with E-state index in [1.54, 1.807) is 0 Å². The Morgan fingerprint density at radius 3 is 2.94 bits per heavy atom. The molecule has 2 heterocycles. The monoisotopic (exact) mass is 224 g/mol. The van der Waals surface area contributed by atoms with Crippen molar-refractivity contribution in [2.24, 2.45) is 5.92 Å². The summed E-state index contributed by atoms with van der Waals surface area (Å²) < 4.78 is 0. The first-order chi connectivity index (χ1) is 7.84. The summed E-state index contributed by atoms with van der Waals surface area (Å²) in [6, 6.07) is 0. The second kappa shape index (κ2) is 5.55. The molecule has 1 aliphatic rings. The van der Waals surface area contributed by atoms with Crippen LogP contribution in [0.15, 0.2) is 0 Å². The predicted molar refractivity (Wildman–Crippen MR) is 56.2 cm³/mol. The zero-order valence-corrected chi connectivity index (χ0v) is 9.07. The van der Waals surface area contributed by atoms with Crippen LogP contribution >= 0.6 is 0 Å². The highest BCUT2D eigenvalue weighted by atomic mass is 16.1. The normalized spacial score (nSPS) is 17.2. The lowest BCUT2D eigenvalue weighted by Gasteiger charge is -2.21. The van der Waals surface area contributed by atoms with Crippen LogP contribution < -0.4 is 10.6 Å². The van der Waals surface area contributed by atoms with Gasteiger partial charge in [0, 0.05) is 6.42 Å². The molecule has 1 saturated heterocycles. The standard InChI is InChI=1S/C9H16N6O/c16-9(5-7-1-3-10-4-2-7)11-6-8-12-14-15-13-8/h7,10H,1-6H2,(H,11,16)(H,12,13,14,15). The van der Waals surface area contributed by atoms with Crippen molar-refractivity contribution in [1.29, 1.82) is 0 Å². The fourth-order valence-corrected chi connectivity index (χ4v) is 1.86. The number of amides is 1. The molecule has 2 rings (SSSR count). The molecule has 7 nitrogen and oxygen atoms in total. The number of nitrogens with one attached hydrogen (secondary N) is 3. The van der Waals surface area contributed by atoms with E-state index >= 15 is 0 Å². The van der Waals surface area contributed by atoms with Crippen molar-refractivity contribution in [2.75, 3.05) is 13.1 Å². The lowest BCUT2D eigenvalue weighted by molar-refractivity contribution is -0.122. The number of nitrogens with zero attached hydrogens (tertiary/aromatic N) is 3. The van der Waals surface area contributed by atoms with Gasteiger partial charge in [0.05, 0.1) is 6.54 Å². The summed E-state index contributed by atoms with van der Waals surface area (Å²) in [4.78, 5) is 11.6. The minimum absolute atomic E-state index is 0.0664. The fourth-order valence-electron chi connectivity index (χ4n) is 1.86. The maximum absolute atomic E-state index is 11.6. The molecule has 1 aromatic heterocycles. The van der Waals surface area contributed by atoms with Gasteiger partial charge in [-0.05, 0) is 31.8 Å². The summed E-state index contributed by atoms with van der Waals surface area (Å²) >= 11 is 0. The van der Waals surface area contributed by atoms with Crippen LogP contribution in [0.4, 0.5) is 0 Å². The Morgan fingerprint density at radius 1 is 1.44 bits per heavy atom. The minimum atomic E-state index is 0.0664. The van der Waals surface area contributed by atoms with Crippen molar-refractivity contribution < 1.29 is 4.79 Å². The lowest BCUT2D eigenvalue weighted by Crippen LogP contribution is -2.32. The van der Waals surface area contributed by atoms with Crippen molar-refractivity contribution in [3.63, 3.8) is 0 Å². The number of hydrogen-bond acceptors (Lipinski definition) is 5. The fraction of sp³-hybridized carbons (Fsp3) is 0.778. The van der Waals surface area contributed by atoms with Crippen molar-refractivity contribution >= 4 is 5.91 Å². The third-order valence-electron chi connectivity index (χ3n) is 2.77. The van der Waals surface area contributed by atoms with Gasteiger partial charge in [0.2, 0.25) is 5.91 Å². The summed E-state index contributed by atoms with van der Waals surface area (Å²) in [6.45, 7) is 2.38. The highest BCUT2D eigenvalue weighted by molar-refractivity contribution is 5.76. The van der Waals surface area contributed by atoms with Gasteiger partial charge in [0.15, 0.2) is 5.82 Å². The molecule has 0 radical (unpaired) electrons. The molecule has 16 heavy (non-hydrogen) atoms. The van der Waals surface area contributed by atoms with E-state index in [1.807, 2.05) is 0 Å². The molecule has 0 unspecified atom stereocenters. The maximum Gasteiger partial charge on any atom is 0.220 e. The summed E-state index contributed by atoms with van der Waals surface area (Å²) in [5.74, 6) is 1.09. The van der Waals surface area contributed by atoms with E-state index in [0.717, 1.165) is 25.9 Å². The van der Waals surface area contributed by atoms with Gasteiger partial charge >= 0.3 is 0 Å². The van der Waals surface area contributed by atoms with E-state index in [9.17, 15) is 4.79 Å². The number of piperidine rings is 1. The van der Waals surface area contributed by atoms with E-state index in [1.165, 1.54) is 0 Å². The van der Waals surface area contributed by atoms with Crippen LogP contribution in [0, 0.1) is 5.92 Å². The van der Waals surface area contributed by atoms with Gasteiger partial charge in [-0.2, -0.15) is 5.21 Å². The molecule has 1 aromatic rings. The summed E-state index contributed by atoms with van der Waals surface area (Å²) in [5, 5.41) is 19.4. The number of H-pyrrole nitrogens is 1. The van der Waals surface area contributed by atoms with E-state index in [4.69, 9.17) is 0 Å². The SMILES string of the molecule is O=C(CC1CCNCC1)NCc1nn[nH]n1. The van der Waals surface area contributed by atoms with Gasteiger partial charge in [-0.1, -0.05) is 5.21 Å². The average Bonchev–Trinajstić information content (AvgIpc) is 2.81. The molecule has 0 atom stereocenters. The zero-order valence-electron chi connectivity index (χ0n) is 9.07. The molecule has 1 aliphatic heterocycles. The van der Waals surface area contributed by atoms with Crippen LogP contribution in [0.2, 0.25) is 0 Å². The first kappa shape index (κ1) is 11.0. The van der Waals surface area contributed by atoms with Crippen LogP contribution in [0.1, 0.15) is 25.1 Å². The number of rotatable bonds is 4. The van der Waals surface area contributed by atoms with Gasteiger partial charge in [0.25, 0.3) is 0 Å². The lowest BCUT2D eigenvalue weighted by atomic mass is 9.94. The van der Waals surface area contributed by atoms with Crippen molar-refractivity contribution in [3.05, 3.63) is 5.82 Å². The van der Waals surface area contributed by atoms with Gasteiger partial charge in [-0.25, -0.2) is 0 Å². The average molecular weight is 224 g/mol. The highest BCUT2D eigenvalue weighted by Gasteiger charge is 2.16. The largest absolute Gasteiger partial charge is 0.349 e. The first-order valence-corrected chi connectivity index (χ1v) is 5.54. The molecule has 3 N–H and O–H groups in total. The summed E-state index contributed by atoms with van der Waals surface area (Å²) in [5.41, 5.74) is 0. The first-order valence-electron chi connectivity index (χ1n) is 5.54. The molecular formula is C9H16N6O. The quantitative estimate of drug-likeness (QED) is 0.622. The van der Waals surface area contributed by atoms with Gasteiger partial charge < -0.3 is 10.6 Å². The predicted octanol–water partition coefficient (Wildman–Crippen LogP) is -0.794. The Bertz CT molecular complexity index is 319. The van der Waals surface area contributed by atoms with E-state index in [-0.39, 0.29) is 5.91 Å². The van der Waals surface area contributed by atoms with E-state index in [2.05, 4.69) is 31.3 Å². The number of aromatic nitrogens is 4. The third-order valence-corrected chi connectivity index (χ3v) is 2.77. The smallest absolute Gasteiger partial charge is 0.220 e. The molecule has 88 valence electrons. The molecule has 1 amide bonds. The number of carbonyl (C=O) groups is 1. The number of aromatic amines is 1. The molecule has 0 bridgehead atoms. The molecule has 0 aliphatic carbocycles. The highest BCUT2D eigenvalue weighted by Crippen LogP contribution is 2.15. The Balaban J connectivity index is 1.67. The van der Waals surface area contributed by atoms with Crippen molar-refractivity contribution in [1.82, 2.24) is 31.3 Å². The molecule has 0 aromatic carbocycles. The Morgan fingerprint density at radius 2 is 2.25 bits per heavy atom. The Hall–Kier alpha value is -1.50. The van der Waals surface area contributed by atoms with E-state index in [0.29, 0.717) is 24.7 Å². The Kier molecular flexibility index (Phi) is 3.81. The van der Waals surface area contributed by atoms with Gasteiger partial charge in [-0.15, -0.1) is 10.2 Å². The van der Waals surface area contributed by atoms with Crippen molar-refractivity contribution in [2.45, 2.75) is 25.8 Å². The van der Waals surface area contributed by atoms with E-state index < -0.39 is 0 Å². The summed E-state index contributed by atoms with van der Waals surface area (Å²) in [7, 11) is 0. The van der Waals surface area contributed by atoms with Crippen LogP contribution in [0.3, 0.4) is 0 Å². The van der Waals surface area contributed by atoms with Crippen LogP contribution in [0.5, 0.6) is 0 Å². The van der Waals surface area contributed by atoms with Gasteiger partial charge in [-0.3, -0.25) is 4.79 Å². The van der Waals surface area contributed by atoms with Crippen LogP contribution in [0.25, 0.3) is 0 Å². The molecule has 0 spiro atoms. The van der Waals surface area contributed by atoms with Crippen LogP contribution in [-0.2, 0) is 11.3 Å². The van der Waals surface area contributed by atoms with Gasteiger partial charge in [0.1, 0.15) is 0 Å². The topological polar surface area (TPSA) is 95.6 Å². The molecule has 7 heteroatoms. The number of tetrazole rings is 1. The Labute approximate surface area is 93.4 Å². The second-order valence-corrected chi connectivity index (χ2v) is 4.00.